The molecule has 14 heavy (non-hydrogen) atoms. The summed E-state index contributed by atoms with van der Waals surface area (Å²) in [6, 6.07) is -1.50. The van der Waals surface area contributed by atoms with Crippen molar-refractivity contribution in [2.75, 3.05) is 13.2 Å². The van der Waals surface area contributed by atoms with Gasteiger partial charge >= 0.3 is 0 Å². The van der Waals surface area contributed by atoms with Crippen LogP contribution in [-0.4, -0.2) is 62.6 Å². The molecular weight excluding hydrogens is 198 g/mol. The highest BCUT2D eigenvalue weighted by Crippen LogP contribution is 2.24. The van der Waals surface area contributed by atoms with Gasteiger partial charge in [-0.3, -0.25) is 10.1 Å². The van der Waals surface area contributed by atoms with Crippen molar-refractivity contribution < 1.29 is 30.1 Å². The zero-order valence-electron chi connectivity index (χ0n) is 7.11. The van der Waals surface area contributed by atoms with Crippen LogP contribution in [0.5, 0.6) is 0 Å². The van der Waals surface area contributed by atoms with E-state index < -0.39 is 42.2 Å². The van der Waals surface area contributed by atoms with Gasteiger partial charge in [-0.1, -0.05) is 0 Å². The molecule has 8 nitrogen and oxygen atoms in total. The summed E-state index contributed by atoms with van der Waals surface area (Å²) in [6.45, 7) is -1.52. The lowest BCUT2D eigenvalue weighted by Gasteiger charge is -2.38. The van der Waals surface area contributed by atoms with Gasteiger partial charge in [-0.25, -0.2) is 0 Å². The lowest BCUT2D eigenvalue weighted by Crippen LogP contribution is -2.64. The van der Waals surface area contributed by atoms with Gasteiger partial charge in [0, 0.05) is 4.92 Å². The topological polar surface area (TPSA) is 133 Å². The molecule has 8 heteroatoms. The molecule has 1 heterocycles. The standard InChI is InChI=1S/C6H11NO7/c8-2-6(11)5(10)4(9)3(1-14-6)7(12)13/h3-5,8-11H,1-2H2/t3-,4-,5?,6?/m1/s1. The summed E-state index contributed by atoms with van der Waals surface area (Å²) in [7, 11) is 0. The second kappa shape index (κ2) is 3.75. The van der Waals surface area contributed by atoms with E-state index in [4.69, 9.17) is 5.11 Å². The first-order valence-electron chi connectivity index (χ1n) is 3.89. The molecule has 0 aromatic heterocycles. The van der Waals surface area contributed by atoms with E-state index in [9.17, 15) is 25.4 Å². The van der Waals surface area contributed by atoms with Crippen LogP contribution >= 0.6 is 0 Å². The summed E-state index contributed by atoms with van der Waals surface area (Å²) in [6.07, 6.45) is -3.67. The normalized spacial score (nSPS) is 43.6. The van der Waals surface area contributed by atoms with Crippen LogP contribution in [0, 0.1) is 10.1 Å². The summed E-state index contributed by atoms with van der Waals surface area (Å²) in [5.74, 6) is -2.33. The van der Waals surface area contributed by atoms with Crippen LogP contribution in [0.15, 0.2) is 0 Å². The number of aliphatic hydroxyl groups is 4. The summed E-state index contributed by atoms with van der Waals surface area (Å²) >= 11 is 0. The largest absolute Gasteiger partial charge is 0.391 e. The number of rotatable bonds is 2. The molecule has 0 amide bonds. The number of aliphatic hydroxyl groups excluding tert-OH is 3. The Hall–Kier alpha value is -0.800. The molecule has 82 valence electrons. The average molecular weight is 209 g/mol. The molecule has 1 aliphatic heterocycles. The molecule has 1 aliphatic rings. The second-order valence-electron chi connectivity index (χ2n) is 3.10. The van der Waals surface area contributed by atoms with Gasteiger partial charge in [0.15, 0.2) is 6.10 Å². The molecule has 0 saturated carbocycles. The van der Waals surface area contributed by atoms with Crippen LogP contribution in [0.1, 0.15) is 0 Å². The monoisotopic (exact) mass is 209 g/mol. The minimum absolute atomic E-state index is 0.567. The molecule has 0 spiro atoms. The summed E-state index contributed by atoms with van der Waals surface area (Å²) in [4.78, 5) is 9.51. The fraction of sp³-hybridized carbons (Fsp3) is 1.00. The molecule has 0 aromatic rings. The van der Waals surface area contributed by atoms with Gasteiger partial charge in [0.2, 0.25) is 5.79 Å². The molecule has 0 radical (unpaired) electrons. The zero-order valence-corrected chi connectivity index (χ0v) is 7.11. The van der Waals surface area contributed by atoms with E-state index in [1.807, 2.05) is 0 Å². The van der Waals surface area contributed by atoms with Crippen LogP contribution in [0.3, 0.4) is 0 Å². The zero-order chi connectivity index (χ0) is 10.9. The minimum atomic E-state index is -2.33. The van der Waals surface area contributed by atoms with Crippen molar-refractivity contribution in [2.24, 2.45) is 0 Å². The molecule has 4 atom stereocenters. The van der Waals surface area contributed by atoms with Gasteiger partial charge in [0.05, 0.1) is 6.61 Å². The third kappa shape index (κ3) is 1.70. The van der Waals surface area contributed by atoms with E-state index in [1.54, 1.807) is 0 Å². The first-order chi connectivity index (χ1) is 6.42. The SMILES string of the molecule is O=[N+]([O-])[C@@H]1COC(O)(CO)C(O)[C@@H]1O. The van der Waals surface area contributed by atoms with E-state index in [-0.39, 0.29) is 0 Å². The number of ether oxygens (including phenoxy) is 1. The molecule has 2 unspecified atom stereocenters. The van der Waals surface area contributed by atoms with E-state index in [1.165, 1.54) is 0 Å². The minimum Gasteiger partial charge on any atom is -0.391 e. The third-order valence-electron chi connectivity index (χ3n) is 2.18. The Morgan fingerprint density at radius 1 is 1.57 bits per heavy atom. The lowest BCUT2D eigenvalue weighted by molar-refractivity contribution is -0.557. The molecule has 0 aliphatic carbocycles. The van der Waals surface area contributed by atoms with Gasteiger partial charge in [-0.2, -0.15) is 0 Å². The number of hydrogen-bond acceptors (Lipinski definition) is 7. The van der Waals surface area contributed by atoms with E-state index in [0.717, 1.165) is 0 Å². The van der Waals surface area contributed by atoms with Crippen LogP contribution in [0.2, 0.25) is 0 Å². The number of hydrogen-bond donors (Lipinski definition) is 4. The smallest absolute Gasteiger partial charge is 0.264 e. The van der Waals surface area contributed by atoms with Crippen LogP contribution in [-0.2, 0) is 4.74 Å². The quantitative estimate of drug-likeness (QED) is 0.282. The van der Waals surface area contributed by atoms with Gasteiger partial charge in [0.1, 0.15) is 12.7 Å². The van der Waals surface area contributed by atoms with Crippen molar-refractivity contribution in [3.05, 3.63) is 10.1 Å². The van der Waals surface area contributed by atoms with Gasteiger partial charge in [-0.05, 0) is 0 Å². The molecule has 4 N–H and O–H groups in total. The maximum atomic E-state index is 10.3. The Balaban J connectivity index is 2.79. The van der Waals surface area contributed by atoms with Crippen molar-refractivity contribution >= 4 is 0 Å². The molecule has 1 rings (SSSR count). The van der Waals surface area contributed by atoms with Crippen molar-refractivity contribution in [2.45, 2.75) is 24.0 Å². The summed E-state index contributed by atoms with van der Waals surface area (Å²) < 4.78 is 4.53. The maximum Gasteiger partial charge on any atom is 0.264 e. The highest BCUT2D eigenvalue weighted by atomic mass is 16.7. The fourth-order valence-corrected chi connectivity index (χ4v) is 1.22. The molecule has 0 bridgehead atoms. The Morgan fingerprint density at radius 2 is 2.14 bits per heavy atom. The van der Waals surface area contributed by atoms with E-state index in [0.29, 0.717) is 0 Å². The van der Waals surface area contributed by atoms with Crippen LogP contribution in [0.25, 0.3) is 0 Å². The van der Waals surface area contributed by atoms with Crippen molar-refractivity contribution in [1.82, 2.24) is 0 Å². The lowest BCUT2D eigenvalue weighted by atomic mass is 9.96. The fourth-order valence-electron chi connectivity index (χ4n) is 1.22. The Bertz CT molecular complexity index is 234. The average Bonchev–Trinajstić information content (AvgIpc) is 2.14. The Kier molecular flexibility index (Phi) is 3.02. The predicted octanol–water partition coefficient (Wildman–Crippen LogP) is -2.94. The van der Waals surface area contributed by atoms with Crippen molar-refractivity contribution in [3.63, 3.8) is 0 Å². The number of nitrogens with zero attached hydrogens (tertiary/aromatic N) is 1. The van der Waals surface area contributed by atoms with Crippen LogP contribution < -0.4 is 0 Å². The van der Waals surface area contributed by atoms with E-state index in [2.05, 4.69) is 4.74 Å². The van der Waals surface area contributed by atoms with Gasteiger partial charge in [0.25, 0.3) is 6.04 Å². The first kappa shape index (κ1) is 11.3. The van der Waals surface area contributed by atoms with Crippen molar-refractivity contribution in [1.29, 1.82) is 0 Å². The Morgan fingerprint density at radius 3 is 2.57 bits per heavy atom. The highest BCUT2D eigenvalue weighted by molar-refractivity contribution is 4.91. The third-order valence-corrected chi connectivity index (χ3v) is 2.18. The molecule has 0 aromatic carbocycles. The van der Waals surface area contributed by atoms with E-state index >= 15 is 0 Å². The first-order valence-corrected chi connectivity index (χ1v) is 3.89. The summed E-state index contributed by atoms with van der Waals surface area (Å²) in [5.41, 5.74) is 0. The second-order valence-corrected chi connectivity index (χ2v) is 3.10. The molecular formula is C6H11NO7. The maximum absolute atomic E-state index is 10.3. The van der Waals surface area contributed by atoms with Crippen LogP contribution in [0.4, 0.5) is 0 Å². The number of nitro groups is 1. The summed E-state index contributed by atoms with van der Waals surface area (Å²) in [5, 5.41) is 46.7. The van der Waals surface area contributed by atoms with Crippen molar-refractivity contribution in [3.8, 4) is 0 Å². The highest BCUT2D eigenvalue weighted by Gasteiger charge is 2.52. The predicted molar refractivity (Wildman–Crippen MR) is 40.8 cm³/mol. The molecule has 1 saturated heterocycles. The van der Waals surface area contributed by atoms with Gasteiger partial charge in [-0.15, -0.1) is 0 Å². The Labute approximate surface area is 78.5 Å². The molecule has 1 fully saturated rings. The van der Waals surface area contributed by atoms with Gasteiger partial charge < -0.3 is 25.2 Å².